The second-order valence-corrected chi connectivity index (χ2v) is 8.94. The first-order valence-electron chi connectivity index (χ1n) is 6.20. The summed E-state index contributed by atoms with van der Waals surface area (Å²) < 4.78 is 39.1. The zero-order valence-electron chi connectivity index (χ0n) is 13.9. The van der Waals surface area contributed by atoms with Gasteiger partial charge in [0.2, 0.25) is 0 Å². The average molecular weight is 499 g/mol. The van der Waals surface area contributed by atoms with E-state index in [1.54, 1.807) is 0 Å². The second kappa shape index (κ2) is 17.1. The summed E-state index contributed by atoms with van der Waals surface area (Å²) in [6.07, 6.45) is -1.31. The zero-order valence-corrected chi connectivity index (χ0v) is 17.4. The molecule has 17 nitrogen and oxygen atoms in total. The Balaban J connectivity index is -0.000000214. The van der Waals surface area contributed by atoms with Crippen molar-refractivity contribution in [1.29, 1.82) is 0 Å². The van der Waals surface area contributed by atoms with Crippen LogP contribution in [-0.4, -0.2) is 73.2 Å². The highest BCUT2D eigenvalue weighted by Crippen LogP contribution is 2.63. The van der Waals surface area contributed by atoms with Crippen LogP contribution in [0.2, 0.25) is 0 Å². The summed E-state index contributed by atoms with van der Waals surface area (Å²) in [6.45, 7) is 2.65. The molecule has 0 rings (SSSR count). The van der Waals surface area contributed by atoms with Gasteiger partial charge in [0.05, 0.1) is 12.3 Å². The van der Waals surface area contributed by atoms with Crippen molar-refractivity contribution < 1.29 is 77.2 Å². The van der Waals surface area contributed by atoms with E-state index in [1.807, 2.05) is 6.92 Å². The van der Waals surface area contributed by atoms with Crippen LogP contribution in [0.3, 0.4) is 0 Å². The minimum atomic E-state index is -5.47. The highest BCUT2D eigenvalue weighted by molar-refractivity contribution is 7.71. The van der Waals surface area contributed by atoms with Crippen LogP contribution >= 0.6 is 31.7 Å². The molecule has 0 aliphatic heterocycles. The van der Waals surface area contributed by atoms with Crippen molar-refractivity contribution in [3.8, 4) is 0 Å². The van der Waals surface area contributed by atoms with E-state index < -0.39 is 61.4 Å². The van der Waals surface area contributed by atoms with Crippen LogP contribution in [0, 0.1) is 5.92 Å². The molecule has 0 heterocycles. The minimum Gasteiger partial charge on any atom is -0.481 e. The third kappa shape index (κ3) is 27.5. The Morgan fingerprint density at radius 1 is 0.893 bits per heavy atom. The lowest BCUT2D eigenvalue weighted by atomic mass is 10.1. The van der Waals surface area contributed by atoms with Gasteiger partial charge in [-0.15, -0.1) is 19.6 Å². The molecule has 1 unspecified atom stereocenters. The SMILES string of the molecule is CCN.O=C(O)CC(C(=O)O)C(P(=O)(O)O)P(=O)(O)O.O=[P+](O)O.O=[P+](O)O. The predicted octanol–water partition coefficient (Wildman–Crippen LogP) is -1.93. The monoisotopic (exact) mass is 499 g/mol. The molecule has 0 aliphatic rings. The molecule has 0 spiro atoms. The maximum Gasteiger partial charge on any atom is 0.692 e. The first-order chi connectivity index (χ1) is 12.2. The normalized spacial score (nSPS) is 11.4. The quantitative estimate of drug-likeness (QED) is 0.177. The van der Waals surface area contributed by atoms with Crippen LogP contribution in [0.25, 0.3) is 0 Å². The minimum absolute atomic E-state index is 0.750. The molecule has 0 fully saturated rings. The fraction of sp³-hybridized carbons (Fsp3) is 0.714. The van der Waals surface area contributed by atoms with E-state index in [1.165, 1.54) is 0 Å². The molecule has 21 heteroatoms. The van der Waals surface area contributed by atoms with Crippen LogP contribution in [-0.2, 0) is 27.8 Å². The maximum absolute atomic E-state index is 10.9. The standard InChI is InChI=1S/C5H10O10P2.C2H7N.2HO3P/c6-3(7)1-2(4(8)9)5(16(10,11)12)17(13,14)15;1-2-3;2*1-4(2)3/h2,5H,1H2,(H,6,7)(H,8,9)(H2,10,11,12)(H2,13,14,15);2-3H2,1H3;2*(H-,1,2,3)/p+2. The van der Waals surface area contributed by atoms with Crippen molar-refractivity contribution in [2.45, 2.75) is 18.7 Å². The van der Waals surface area contributed by atoms with E-state index in [-0.39, 0.29) is 0 Å². The van der Waals surface area contributed by atoms with Crippen LogP contribution in [0.4, 0.5) is 0 Å². The topological polar surface area (TPSA) is 331 Å². The number of carbonyl (C=O) groups is 2. The number of hydrogen-bond donors (Lipinski definition) is 11. The number of hydrogen-bond acceptors (Lipinski definition) is 7. The summed E-state index contributed by atoms with van der Waals surface area (Å²) in [5.41, 5.74) is 4.85. The van der Waals surface area contributed by atoms with Gasteiger partial charge < -0.3 is 35.5 Å². The summed E-state index contributed by atoms with van der Waals surface area (Å²) in [6, 6.07) is 0. The summed E-state index contributed by atoms with van der Waals surface area (Å²) >= 11 is 0. The van der Waals surface area contributed by atoms with Gasteiger partial charge in [0.1, 0.15) is 0 Å². The molecule has 0 aromatic carbocycles. The van der Waals surface area contributed by atoms with Gasteiger partial charge in [-0.25, -0.2) is 0 Å². The Bertz CT molecular complexity index is 554. The maximum atomic E-state index is 10.9. The molecule has 1 atom stereocenters. The van der Waals surface area contributed by atoms with Gasteiger partial charge in [0, 0.05) is 9.13 Å². The zero-order chi connectivity index (χ0) is 23.9. The first kappa shape index (κ1) is 34.7. The molecular formula is C7H21NO16P4+2. The highest BCUT2D eigenvalue weighted by Gasteiger charge is 2.52. The fourth-order valence-corrected chi connectivity index (χ4v) is 4.14. The lowest BCUT2D eigenvalue weighted by Gasteiger charge is -2.24. The van der Waals surface area contributed by atoms with Gasteiger partial charge in [0.15, 0.2) is 5.40 Å². The lowest BCUT2D eigenvalue weighted by molar-refractivity contribution is -0.148. The van der Waals surface area contributed by atoms with E-state index in [2.05, 4.69) is 0 Å². The van der Waals surface area contributed by atoms with Crippen molar-refractivity contribution in [3.05, 3.63) is 0 Å². The van der Waals surface area contributed by atoms with Crippen LogP contribution in [0.15, 0.2) is 0 Å². The molecule has 0 aromatic heterocycles. The summed E-state index contributed by atoms with van der Waals surface area (Å²) in [4.78, 5) is 84.2. The van der Waals surface area contributed by atoms with E-state index in [0.717, 1.165) is 6.54 Å². The van der Waals surface area contributed by atoms with Crippen LogP contribution < -0.4 is 5.73 Å². The number of aliphatic carboxylic acids is 2. The number of carboxylic acids is 2. The molecule has 0 saturated carbocycles. The Morgan fingerprint density at radius 3 is 1.21 bits per heavy atom. The highest BCUT2D eigenvalue weighted by atomic mass is 31.2. The summed E-state index contributed by atoms with van der Waals surface area (Å²) in [7, 11) is -16.7. The van der Waals surface area contributed by atoms with Crippen molar-refractivity contribution in [2.24, 2.45) is 11.7 Å². The molecule has 0 saturated heterocycles. The molecule has 12 N–H and O–H groups in total. The molecule has 28 heavy (non-hydrogen) atoms. The van der Waals surface area contributed by atoms with Crippen LogP contribution in [0.1, 0.15) is 13.3 Å². The van der Waals surface area contributed by atoms with Gasteiger partial charge >= 0.3 is 43.6 Å². The number of rotatable bonds is 6. The molecule has 0 bridgehead atoms. The first-order valence-corrected chi connectivity index (χ1v) is 11.9. The van der Waals surface area contributed by atoms with Crippen molar-refractivity contribution >= 4 is 43.6 Å². The van der Waals surface area contributed by atoms with Crippen molar-refractivity contribution in [3.63, 3.8) is 0 Å². The Morgan fingerprint density at radius 2 is 1.11 bits per heavy atom. The Labute approximate surface area is 158 Å². The summed E-state index contributed by atoms with van der Waals surface area (Å²) in [5.74, 6) is -6.14. The van der Waals surface area contributed by atoms with Gasteiger partial charge in [-0.1, -0.05) is 6.92 Å². The van der Waals surface area contributed by atoms with Crippen molar-refractivity contribution in [2.75, 3.05) is 6.54 Å². The van der Waals surface area contributed by atoms with Crippen molar-refractivity contribution in [1.82, 2.24) is 0 Å². The third-order valence-corrected chi connectivity index (χ3v) is 5.66. The van der Waals surface area contributed by atoms with Crippen LogP contribution in [0.5, 0.6) is 0 Å². The average Bonchev–Trinajstić information content (AvgIpc) is 2.33. The second-order valence-electron chi connectivity index (χ2n) is 4.05. The molecule has 0 amide bonds. The Kier molecular flexibility index (Phi) is 21.2. The third-order valence-electron chi connectivity index (χ3n) is 1.76. The Hall–Kier alpha value is -0.760. The summed E-state index contributed by atoms with van der Waals surface area (Å²) in [5, 5.41) is 14.0. The van der Waals surface area contributed by atoms with Gasteiger partial charge in [0.25, 0.3) is 0 Å². The number of nitrogens with two attached hydrogens (primary N) is 1. The van der Waals surface area contributed by atoms with E-state index in [9.17, 15) is 18.7 Å². The fourth-order valence-electron chi connectivity index (χ4n) is 1.17. The van der Waals surface area contributed by atoms with E-state index in [0.29, 0.717) is 0 Å². The van der Waals surface area contributed by atoms with E-state index >= 15 is 0 Å². The lowest BCUT2D eigenvalue weighted by Crippen LogP contribution is -2.30. The molecule has 0 aromatic rings. The molecular weight excluding hydrogens is 478 g/mol. The van der Waals surface area contributed by atoms with Gasteiger partial charge in [-0.05, 0) is 6.54 Å². The molecule has 0 radical (unpaired) electrons. The predicted molar refractivity (Wildman–Crippen MR) is 90.1 cm³/mol. The van der Waals surface area contributed by atoms with E-state index in [4.69, 9.17) is 64.2 Å². The van der Waals surface area contributed by atoms with Gasteiger partial charge in [-0.2, -0.15) is 0 Å². The smallest absolute Gasteiger partial charge is 0.481 e. The molecule has 168 valence electrons. The largest absolute Gasteiger partial charge is 0.692 e. The molecule has 0 aliphatic carbocycles. The van der Waals surface area contributed by atoms with Gasteiger partial charge in [-0.3, -0.25) is 18.7 Å². The number of carboxylic acid groups (broad SMARTS) is 2.